The summed E-state index contributed by atoms with van der Waals surface area (Å²) in [6.07, 6.45) is 19.4. The Balaban J connectivity index is 1.22. The number of hydrogen-bond donors (Lipinski definition) is 0. The fourth-order valence-corrected chi connectivity index (χ4v) is 7.84. The van der Waals surface area contributed by atoms with E-state index in [2.05, 4.69) is 26.0 Å². The molecule has 3 aromatic carbocycles. The molecule has 0 spiro atoms. The molecule has 0 N–H and O–H groups in total. The number of hydrogen-bond acceptors (Lipinski definition) is 0. The van der Waals surface area contributed by atoms with Crippen LogP contribution >= 0.6 is 0 Å². The fourth-order valence-electron chi connectivity index (χ4n) is 7.84. The second-order valence-corrected chi connectivity index (χ2v) is 13.3. The van der Waals surface area contributed by atoms with Gasteiger partial charge in [0, 0.05) is 11.1 Å². The van der Waals surface area contributed by atoms with Gasteiger partial charge in [-0.25, -0.2) is 17.6 Å². The average Bonchev–Trinajstić information content (AvgIpc) is 3.05. The summed E-state index contributed by atoms with van der Waals surface area (Å²) in [6, 6.07) is 13.3. The van der Waals surface area contributed by atoms with Crippen LogP contribution in [0.3, 0.4) is 0 Å². The van der Waals surface area contributed by atoms with Gasteiger partial charge in [-0.1, -0.05) is 93.3 Å². The molecule has 0 amide bonds. The smallest absolute Gasteiger partial charge is 0.166 e. The summed E-state index contributed by atoms with van der Waals surface area (Å²) in [5, 5.41) is 0. The molecule has 0 unspecified atom stereocenters. The van der Waals surface area contributed by atoms with E-state index in [0.29, 0.717) is 34.6 Å². The van der Waals surface area contributed by atoms with Crippen LogP contribution < -0.4 is 0 Å². The molecule has 0 heterocycles. The molecule has 0 saturated heterocycles. The Morgan fingerprint density at radius 3 is 1.73 bits per heavy atom. The fraction of sp³-hybridized carbons (Fsp3) is 0.500. The van der Waals surface area contributed by atoms with Crippen molar-refractivity contribution in [3.8, 4) is 22.3 Å². The van der Waals surface area contributed by atoms with E-state index in [-0.39, 0.29) is 17.0 Å². The second-order valence-electron chi connectivity index (χ2n) is 13.3. The van der Waals surface area contributed by atoms with Crippen LogP contribution in [0.2, 0.25) is 0 Å². The maximum Gasteiger partial charge on any atom is 0.166 e. The minimum atomic E-state index is -0.860. The Morgan fingerprint density at radius 1 is 0.591 bits per heavy atom. The van der Waals surface area contributed by atoms with Crippen molar-refractivity contribution < 1.29 is 17.6 Å². The summed E-state index contributed by atoms with van der Waals surface area (Å²) in [7, 11) is 0. The largest absolute Gasteiger partial charge is 0.203 e. The highest BCUT2D eigenvalue weighted by Gasteiger charge is 2.32. The second kappa shape index (κ2) is 15.4. The van der Waals surface area contributed by atoms with Crippen LogP contribution in [0.1, 0.15) is 114 Å². The van der Waals surface area contributed by atoms with Crippen LogP contribution in [0, 0.1) is 41.0 Å². The van der Waals surface area contributed by atoms with Crippen molar-refractivity contribution in [2.45, 2.75) is 110 Å². The topological polar surface area (TPSA) is 0 Å². The minimum Gasteiger partial charge on any atom is -0.203 e. The van der Waals surface area contributed by atoms with E-state index in [1.807, 2.05) is 0 Å². The van der Waals surface area contributed by atoms with Gasteiger partial charge in [0.25, 0.3) is 0 Å². The predicted molar refractivity (Wildman–Crippen MR) is 175 cm³/mol. The Labute approximate surface area is 262 Å². The van der Waals surface area contributed by atoms with Crippen molar-refractivity contribution in [1.29, 1.82) is 0 Å². The van der Waals surface area contributed by atoms with Gasteiger partial charge in [-0.05, 0) is 117 Å². The zero-order valence-electron chi connectivity index (χ0n) is 26.5. The molecule has 0 atom stereocenters. The molecule has 0 radical (unpaired) electrons. The zero-order chi connectivity index (χ0) is 31.1. The molecule has 5 rings (SSSR count). The maximum atomic E-state index is 15.5. The van der Waals surface area contributed by atoms with E-state index in [0.717, 1.165) is 69.6 Å². The van der Waals surface area contributed by atoms with Gasteiger partial charge in [0.15, 0.2) is 23.3 Å². The summed E-state index contributed by atoms with van der Waals surface area (Å²) in [4.78, 5) is 0. The van der Waals surface area contributed by atoms with Gasteiger partial charge in [-0.2, -0.15) is 0 Å². The molecular formula is C40H48F4. The highest BCUT2D eigenvalue weighted by Crippen LogP contribution is 2.45. The first-order chi connectivity index (χ1) is 21.4. The number of halogens is 4. The molecular weight excluding hydrogens is 556 g/mol. The van der Waals surface area contributed by atoms with Crippen LogP contribution in [0.5, 0.6) is 0 Å². The summed E-state index contributed by atoms with van der Waals surface area (Å²) in [5.74, 6) is -0.988. The molecule has 0 aliphatic heterocycles. The summed E-state index contributed by atoms with van der Waals surface area (Å²) < 4.78 is 60.8. The molecule has 0 bridgehead atoms. The minimum absolute atomic E-state index is 0.0497. The monoisotopic (exact) mass is 604 g/mol. The third kappa shape index (κ3) is 7.49. The molecule has 44 heavy (non-hydrogen) atoms. The van der Waals surface area contributed by atoms with Crippen LogP contribution in [-0.2, 0) is 6.42 Å². The van der Waals surface area contributed by atoms with Gasteiger partial charge in [-0.15, -0.1) is 0 Å². The summed E-state index contributed by atoms with van der Waals surface area (Å²) in [6.45, 7) is 4.24. The van der Waals surface area contributed by atoms with E-state index in [1.54, 1.807) is 48.5 Å². The Morgan fingerprint density at radius 2 is 1.14 bits per heavy atom. The Kier molecular flexibility index (Phi) is 11.4. The number of rotatable bonds is 11. The van der Waals surface area contributed by atoms with Gasteiger partial charge >= 0.3 is 0 Å². The van der Waals surface area contributed by atoms with Crippen LogP contribution in [0.4, 0.5) is 17.6 Å². The third-order valence-electron chi connectivity index (χ3n) is 10.5. The Bertz CT molecular complexity index is 1390. The normalized spacial score (nSPS) is 22.5. The lowest BCUT2D eigenvalue weighted by molar-refractivity contribution is 0.170. The van der Waals surface area contributed by atoms with Crippen molar-refractivity contribution in [3.05, 3.63) is 95.1 Å². The van der Waals surface area contributed by atoms with Crippen molar-refractivity contribution in [1.82, 2.24) is 0 Å². The summed E-state index contributed by atoms with van der Waals surface area (Å²) >= 11 is 0. The standard InChI is InChI=1S/C40H48F4/c1-3-5-6-7-8-10-33-23-24-34(38(42)37(33)41)31-19-21-32(22-20-31)36-26-25-35(39(43)40(36)44)30-17-15-29(16-18-30)28-13-11-27(9-4-2)12-14-28/h4,9,19-30H,3,5-8,10-18H2,1-2H3/b9-4+. The van der Waals surface area contributed by atoms with E-state index >= 15 is 13.2 Å². The van der Waals surface area contributed by atoms with Gasteiger partial charge in [0.05, 0.1) is 0 Å². The first kappa shape index (κ1) is 32.5. The highest BCUT2D eigenvalue weighted by atomic mass is 19.2. The molecule has 2 aliphatic carbocycles. The lowest BCUT2D eigenvalue weighted by Crippen LogP contribution is -2.25. The van der Waals surface area contributed by atoms with Gasteiger partial charge in [0.1, 0.15) is 0 Å². The molecule has 236 valence electrons. The Hall–Kier alpha value is -2.88. The summed E-state index contributed by atoms with van der Waals surface area (Å²) in [5.41, 5.74) is 2.27. The molecule has 2 aliphatic rings. The van der Waals surface area contributed by atoms with Crippen molar-refractivity contribution in [3.63, 3.8) is 0 Å². The zero-order valence-corrected chi connectivity index (χ0v) is 26.5. The molecule has 2 fully saturated rings. The van der Waals surface area contributed by atoms with Crippen LogP contribution in [0.15, 0.2) is 60.7 Å². The van der Waals surface area contributed by atoms with Crippen molar-refractivity contribution in [2.75, 3.05) is 0 Å². The van der Waals surface area contributed by atoms with E-state index in [1.165, 1.54) is 25.7 Å². The van der Waals surface area contributed by atoms with Crippen LogP contribution in [-0.4, -0.2) is 0 Å². The van der Waals surface area contributed by atoms with Gasteiger partial charge in [0.2, 0.25) is 0 Å². The molecule has 4 heteroatoms. The van der Waals surface area contributed by atoms with Crippen LogP contribution in [0.25, 0.3) is 22.3 Å². The lowest BCUT2D eigenvalue weighted by Gasteiger charge is -2.37. The van der Waals surface area contributed by atoms with E-state index in [4.69, 9.17) is 0 Å². The first-order valence-corrected chi connectivity index (χ1v) is 17.1. The highest BCUT2D eigenvalue weighted by molar-refractivity contribution is 5.71. The van der Waals surface area contributed by atoms with Gasteiger partial charge < -0.3 is 0 Å². The van der Waals surface area contributed by atoms with Gasteiger partial charge in [-0.3, -0.25) is 0 Å². The SMILES string of the molecule is C/C=C/C1CCC(C2CCC(c3ccc(-c4ccc(-c5ccc(CCCCCCC)c(F)c5F)cc4)c(F)c3F)CC2)CC1. The van der Waals surface area contributed by atoms with E-state index in [9.17, 15) is 4.39 Å². The third-order valence-corrected chi connectivity index (χ3v) is 10.5. The number of allylic oxidation sites excluding steroid dienone is 2. The predicted octanol–water partition coefficient (Wildman–Crippen LogP) is 12.7. The molecule has 3 aromatic rings. The number of unbranched alkanes of at least 4 members (excludes halogenated alkanes) is 4. The average molecular weight is 605 g/mol. The molecule has 2 saturated carbocycles. The lowest BCUT2D eigenvalue weighted by atomic mass is 9.68. The number of benzene rings is 3. The van der Waals surface area contributed by atoms with Crippen molar-refractivity contribution >= 4 is 0 Å². The molecule has 0 nitrogen and oxygen atoms in total. The van der Waals surface area contributed by atoms with E-state index < -0.39 is 23.3 Å². The molecule has 0 aromatic heterocycles. The first-order valence-electron chi connectivity index (χ1n) is 17.1. The quantitative estimate of drug-likeness (QED) is 0.116. The van der Waals surface area contributed by atoms with Crippen molar-refractivity contribution in [2.24, 2.45) is 17.8 Å². The number of aryl methyl sites for hydroxylation is 1. The maximum absolute atomic E-state index is 15.5.